The van der Waals surface area contributed by atoms with Crippen molar-refractivity contribution in [2.45, 2.75) is 50.8 Å². The molecule has 1 aliphatic heterocycles. The molecule has 4 atom stereocenters. The van der Waals surface area contributed by atoms with Gasteiger partial charge >= 0.3 is 0 Å². The zero-order valence-electron chi connectivity index (χ0n) is 12.0. The minimum Gasteiger partial charge on any atom is -0.508 e. The summed E-state index contributed by atoms with van der Waals surface area (Å²) in [4.78, 5) is 0. The number of nitrogens with one attached hydrogen (secondary N) is 1. The summed E-state index contributed by atoms with van der Waals surface area (Å²) in [6.45, 7) is 3.09. The van der Waals surface area contributed by atoms with Crippen molar-refractivity contribution in [2.24, 2.45) is 11.3 Å². The summed E-state index contributed by atoms with van der Waals surface area (Å²) in [5, 5.41) is 13.8. The van der Waals surface area contributed by atoms with E-state index in [0.29, 0.717) is 29.2 Å². The molecular formula is C17H23NO2. The van der Waals surface area contributed by atoms with E-state index in [0.717, 1.165) is 12.2 Å². The van der Waals surface area contributed by atoms with Gasteiger partial charge in [0.2, 0.25) is 0 Å². The molecule has 2 saturated carbocycles. The third-order valence-electron chi connectivity index (χ3n) is 5.87. The second-order valence-electron chi connectivity index (χ2n) is 6.76. The monoisotopic (exact) mass is 273 g/mol. The minimum atomic E-state index is 0.195. The van der Waals surface area contributed by atoms with Crippen molar-refractivity contribution >= 4 is 0 Å². The molecule has 1 aromatic rings. The molecule has 3 fully saturated rings. The molecule has 108 valence electrons. The van der Waals surface area contributed by atoms with E-state index in [2.05, 4.69) is 12.2 Å². The fraction of sp³-hybridized carbons (Fsp3) is 0.647. The van der Waals surface area contributed by atoms with Crippen molar-refractivity contribution in [2.75, 3.05) is 6.61 Å². The Hall–Kier alpha value is -1.06. The average Bonchev–Trinajstić information content (AvgIpc) is 2.80. The molecule has 3 aliphatic rings. The largest absolute Gasteiger partial charge is 0.508 e. The van der Waals surface area contributed by atoms with Gasteiger partial charge in [-0.05, 0) is 32.3 Å². The summed E-state index contributed by atoms with van der Waals surface area (Å²) in [5.41, 5.74) is 1.41. The minimum absolute atomic E-state index is 0.195. The number of benzene rings is 1. The lowest BCUT2D eigenvalue weighted by molar-refractivity contribution is -0.178. The molecule has 0 amide bonds. The smallest absolute Gasteiger partial charge is 0.120 e. The second-order valence-corrected chi connectivity index (χ2v) is 6.76. The van der Waals surface area contributed by atoms with Gasteiger partial charge in [-0.1, -0.05) is 24.6 Å². The van der Waals surface area contributed by atoms with Crippen molar-refractivity contribution < 1.29 is 9.84 Å². The Morgan fingerprint density at radius 2 is 2.15 bits per heavy atom. The van der Waals surface area contributed by atoms with Crippen molar-refractivity contribution in [3.8, 4) is 5.75 Å². The van der Waals surface area contributed by atoms with Gasteiger partial charge in [0.15, 0.2) is 0 Å². The standard InChI is InChI=1S/C17H23NO2/c1-11(12-5-2-3-6-14(12)19)18-15-13-7-10-20-16(13)17(15)8-4-9-17/h2-3,5-6,11,13,15-16,18-19H,4,7-10H2,1H3/t11-,13+,15+,16+/m0/s1. The highest BCUT2D eigenvalue weighted by Crippen LogP contribution is 2.63. The molecule has 3 nitrogen and oxygen atoms in total. The van der Waals surface area contributed by atoms with Crippen LogP contribution in [0.5, 0.6) is 5.75 Å². The molecule has 4 rings (SSSR count). The van der Waals surface area contributed by atoms with E-state index < -0.39 is 0 Å². The molecule has 2 aliphatic carbocycles. The molecule has 1 spiro atoms. The second kappa shape index (κ2) is 4.47. The highest BCUT2D eigenvalue weighted by Gasteiger charge is 2.66. The highest BCUT2D eigenvalue weighted by molar-refractivity contribution is 5.34. The van der Waals surface area contributed by atoms with Crippen LogP contribution < -0.4 is 5.32 Å². The molecule has 20 heavy (non-hydrogen) atoms. The van der Waals surface area contributed by atoms with Gasteiger partial charge in [0.25, 0.3) is 0 Å². The van der Waals surface area contributed by atoms with Crippen LogP contribution in [0.15, 0.2) is 24.3 Å². The maximum Gasteiger partial charge on any atom is 0.120 e. The Balaban J connectivity index is 1.52. The number of aromatic hydroxyl groups is 1. The van der Waals surface area contributed by atoms with Gasteiger partial charge in [-0.3, -0.25) is 0 Å². The Kier molecular flexibility index (Phi) is 2.83. The normalized spacial score (nSPS) is 35.1. The number of rotatable bonds is 3. The first-order valence-corrected chi connectivity index (χ1v) is 7.88. The summed E-state index contributed by atoms with van der Waals surface area (Å²) in [6.07, 6.45) is 5.65. The topological polar surface area (TPSA) is 41.5 Å². The molecule has 0 bridgehead atoms. The Morgan fingerprint density at radius 1 is 1.35 bits per heavy atom. The first-order valence-electron chi connectivity index (χ1n) is 7.88. The molecule has 1 aromatic carbocycles. The fourth-order valence-corrected chi connectivity index (χ4v) is 4.71. The predicted octanol–water partition coefficient (Wildman–Crippen LogP) is 3.00. The zero-order valence-corrected chi connectivity index (χ0v) is 12.0. The molecule has 0 unspecified atom stereocenters. The highest BCUT2D eigenvalue weighted by atomic mass is 16.5. The number of fused-ring (bicyclic) bond motifs is 2. The first-order chi connectivity index (χ1) is 9.72. The number of phenols is 1. The van der Waals surface area contributed by atoms with Crippen LogP contribution in [0.2, 0.25) is 0 Å². The average molecular weight is 273 g/mol. The number of phenolic OH excluding ortho intramolecular Hbond substituents is 1. The Morgan fingerprint density at radius 3 is 2.85 bits per heavy atom. The molecule has 1 heterocycles. The van der Waals surface area contributed by atoms with Gasteiger partial charge in [-0.2, -0.15) is 0 Å². The van der Waals surface area contributed by atoms with E-state index in [-0.39, 0.29) is 6.04 Å². The van der Waals surface area contributed by atoms with E-state index in [4.69, 9.17) is 4.74 Å². The summed E-state index contributed by atoms with van der Waals surface area (Å²) in [6, 6.07) is 8.42. The summed E-state index contributed by atoms with van der Waals surface area (Å²) >= 11 is 0. The maximum atomic E-state index is 10.0. The van der Waals surface area contributed by atoms with Crippen LogP contribution in [0, 0.1) is 11.3 Å². The molecular weight excluding hydrogens is 250 g/mol. The van der Waals surface area contributed by atoms with E-state index >= 15 is 0 Å². The SMILES string of the molecule is C[C@H](N[C@@H]1[C@H]2CCO[C@H]2C12CCC2)c1ccccc1O. The van der Waals surface area contributed by atoms with Crippen LogP contribution in [-0.2, 0) is 4.74 Å². The predicted molar refractivity (Wildman–Crippen MR) is 77.6 cm³/mol. The maximum absolute atomic E-state index is 10.0. The zero-order chi connectivity index (χ0) is 13.7. The molecule has 0 radical (unpaired) electrons. The van der Waals surface area contributed by atoms with Crippen molar-refractivity contribution in [3.05, 3.63) is 29.8 Å². The van der Waals surface area contributed by atoms with Gasteiger partial charge in [-0.15, -0.1) is 0 Å². The van der Waals surface area contributed by atoms with E-state index in [9.17, 15) is 5.11 Å². The molecule has 2 N–H and O–H groups in total. The third-order valence-corrected chi connectivity index (χ3v) is 5.87. The lowest BCUT2D eigenvalue weighted by Crippen LogP contribution is -2.71. The van der Waals surface area contributed by atoms with E-state index in [1.807, 2.05) is 18.2 Å². The third kappa shape index (κ3) is 1.60. The number of hydrogen-bond donors (Lipinski definition) is 2. The Bertz CT molecular complexity index is 511. The summed E-state index contributed by atoms with van der Waals surface area (Å²) < 4.78 is 5.96. The first kappa shape index (κ1) is 12.7. The Labute approximate surface area is 120 Å². The van der Waals surface area contributed by atoms with Gasteiger partial charge in [0.05, 0.1) is 6.10 Å². The van der Waals surface area contributed by atoms with Gasteiger partial charge < -0.3 is 15.2 Å². The van der Waals surface area contributed by atoms with Crippen LogP contribution in [0.4, 0.5) is 0 Å². The fourth-order valence-electron chi connectivity index (χ4n) is 4.71. The lowest BCUT2D eigenvalue weighted by atomic mass is 9.46. The van der Waals surface area contributed by atoms with Crippen LogP contribution in [0.25, 0.3) is 0 Å². The van der Waals surface area contributed by atoms with Crippen LogP contribution in [-0.4, -0.2) is 23.9 Å². The van der Waals surface area contributed by atoms with Gasteiger partial charge in [0, 0.05) is 35.6 Å². The van der Waals surface area contributed by atoms with Crippen molar-refractivity contribution in [3.63, 3.8) is 0 Å². The van der Waals surface area contributed by atoms with Gasteiger partial charge in [0.1, 0.15) is 5.75 Å². The molecule has 1 saturated heterocycles. The summed E-state index contributed by atoms with van der Waals surface area (Å²) in [7, 11) is 0. The molecule has 0 aromatic heterocycles. The van der Waals surface area contributed by atoms with Crippen LogP contribution in [0.3, 0.4) is 0 Å². The number of ether oxygens (including phenoxy) is 1. The quantitative estimate of drug-likeness (QED) is 0.889. The number of hydrogen-bond acceptors (Lipinski definition) is 3. The molecule has 3 heteroatoms. The van der Waals surface area contributed by atoms with Crippen LogP contribution >= 0.6 is 0 Å². The van der Waals surface area contributed by atoms with Crippen molar-refractivity contribution in [1.29, 1.82) is 0 Å². The summed E-state index contributed by atoms with van der Waals surface area (Å²) in [5.74, 6) is 1.08. The lowest BCUT2D eigenvalue weighted by Gasteiger charge is -2.64. The van der Waals surface area contributed by atoms with Crippen LogP contribution in [0.1, 0.15) is 44.2 Å². The number of para-hydroxylation sites is 1. The van der Waals surface area contributed by atoms with Crippen molar-refractivity contribution in [1.82, 2.24) is 5.32 Å². The van der Waals surface area contributed by atoms with E-state index in [1.54, 1.807) is 6.07 Å². The van der Waals surface area contributed by atoms with Gasteiger partial charge in [-0.25, -0.2) is 0 Å². The van der Waals surface area contributed by atoms with E-state index in [1.165, 1.54) is 25.7 Å².